The average molecular weight is 287 g/mol. The lowest BCUT2D eigenvalue weighted by atomic mass is 10.2. The van der Waals surface area contributed by atoms with Gasteiger partial charge in [-0.2, -0.15) is 0 Å². The van der Waals surface area contributed by atoms with Crippen molar-refractivity contribution in [2.24, 2.45) is 0 Å². The van der Waals surface area contributed by atoms with Gasteiger partial charge in [0.25, 0.3) is 5.91 Å². The summed E-state index contributed by atoms with van der Waals surface area (Å²) in [6.07, 6.45) is 2.44. The van der Waals surface area contributed by atoms with E-state index in [1.54, 1.807) is 12.1 Å². The van der Waals surface area contributed by atoms with Gasteiger partial charge in [-0.15, -0.1) is 0 Å². The van der Waals surface area contributed by atoms with Crippen LogP contribution in [0.4, 0.5) is 15.8 Å². The predicted octanol–water partition coefficient (Wildman–Crippen LogP) is 3.60. The zero-order valence-corrected chi connectivity index (χ0v) is 12.1. The fourth-order valence-corrected chi connectivity index (χ4v) is 1.90. The number of aromatic nitrogens is 1. The molecule has 1 amide bonds. The first-order valence-electron chi connectivity index (χ1n) is 6.88. The number of carbonyl (C=O) groups is 1. The molecule has 0 aliphatic rings. The standard InChI is InChI=1S/C16H18FN3O/c1-3-8-18-15-9-11(2)19-10-12(15)16(21)20-14-7-5-4-6-13(14)17/h4-7,9-10H,3,8H2,1-2H3,(H,18,19)(H,20,21). The fraction of sp³-hybridized carbons (Fsp3) is 0.250. The van der Waals surface area contributed by atoms with Crippen LogP contribution in [-0.4, -0.2) is 17.4 Å². The van der Waals surface area contributed by atoms with Gasteiger partial charge in [0.1, 0.15) is 5.82 Å². The van der Waals surface area contributed by atoms with Crippen molar-refractivity contribution in [3.63, 3.8) is 0 Å². The molecule has 0 unspecified atom stereocenters. The molecule has 5 heteroatoms. The minimum atomic E-state index is -0.464. The van der Waals surface area contributed by atoms with Gasteiger partial charge >= 0.3 is 0 Å². The zero-order valence-electron chi connectivity index (χ0n) is 12.1. The third-order valence-corrected chi connectivity index (χ3v) is 2.97. The number of pyridine rings is 1. The van der Waals surface area contributed by atoms with Crippen molar-refractivity contribution in [1.82, 2.24) is 4.98 Å². The van der Waals surface area contributed by atoms with E-state index in [9.17, 15) is 9.18 Å². The van der Waals surface area contributed by atoms with Gasteiger partial charge in [-0.25, -0.2) is 4.39 Å². The molecule has 2 rings (SSSR count). The van der Waals surface area contributed by atoms with Crippen LogP contribution < -0.4 is 10.6 Å². The average Bonchev–Trinajstić information content (AvgIpc) is 2.47. The van der Waals surface area contributed by atoms with Crippen LogP contribution in [0.25, 0.3) is 0 Å². The Kier molecular flexibility index (Phi) is 4.87. The summed E-state index contributed by atoms with van der Waals surface area (Å²) in [6, 6.07) is 7.88. The van der Waals surface area contributed by atoms with Gasteiger partial charge in [0, 0.05) is 18.4 Å². The van der Waals surface area contributed by atoms with Crippen LogP contribution in [0.1, 0.15) is 29.4 Å². The molecular weight excluding hydrogens is 269 g/mol. The molecule has 0 spiro atoms. The predicted molar refractivity (Wildman–Crippen MR) is 82.1 cm³/mol. The van der Waals surface area contributed by atoms with E-state index >= 15 is 0 Å². The Morgan fingerprint density at radius 1 is 1.29 bits per heavy atom. The number of hydrogen-bond donors (Lipinski definition) is 2. The van der Waals surface area contributed by atoms with Crippen molar-refractivity contribution in [3.05, 3.63) is 53.6 Å². The van der Waals surface area contributed by atoms with E-state index in [4.69, 9.17) is 0 Å². The third kappa shape index (κ3) is 3.78. The van der Waals surface area contributed by atoms with E-state index in [-0.39, 0.29) is 11.6 Å². The molecule has 0 radical (unpaired) electrons. The highest BCUT2D eigenvalue weighted by atomic mass is 19.1. The molecule has 0 aliphatic carbocycles. The Morgan fingerprint density at radius 3 is 2.76 bits per heavy atom. The van der Waals surface area contributed by atoms with E-state index in [2.05, 4.69) is 15.6 Å². The van der Waals surface area contributed by atoms with Crippen LogP contribution in [0.5, 0.6) is 0 Å². The molecular formula is C16H18FN3O. The van der Waals surface area contributed by atoms with Gasteiger partial charge in [0.2, 0.25) is 0 Å². The summed E-state index contributed by atoms with van der Waals surface area (Å²) in [5, 5.41) is 5.76. The van der Waals surface area contributed by atoms with Crippen molar-refractivity contribution in [3.8, 4) is 0 Å². The molecule has 0 atom stereocenters. The Morgan fingerprint density at radius 2 is 2.05 bits per heavy atom. The quantitative estimate of drug-likeness (QED) is 0.883. The second kappa shape index (κ2) is 6.83. The number of halogens is 1. The smallest absolute Gasteiger partial charge is 0.259 e. The monoisotopic (exact) mass is 287 g/mol. The Bertz CT molecular complexity index is 643. The summed E-state index contributed by atoms with van der Waals surface area (Å²) < 4.78 is 13.6. The van der Waals surface area contributed by atoms with Crippen LogP contribution in [0.3, 0.4) is 0 Å². The van der Waals surface area contributed by atoms with Gasteiger partial charge in [0.15, 0.2) is 0 Å². The molecule has 0 bridgehead atoms. The van der Waals surface area contributed by atoms with E-state index in [0.29, 0.717) is 11.3 Å². The molecule has 1 aromatic carbocycles. The first kappa shape index (κ1) is 15.0. The first-order valence-corrected chi connectivity index (χ1v) is 6.88. The fourth-order valence-electron chi connectivity index (χ4n) is 1.90. The largest absolute Gasteiger partial charge is 0.384 e. The summed E-state index contributed by atoms with van der Waals surface area (Å²) in [4.78, 5) is 16.4. The number of aryl methyl sites for hydroxylation is 1. The maximum atomic E-state index is 13.6. The Hall–Kier alpha value is -2.43. The molecule has 4 nitrogen and oxygen atoms in total. The molecule has 1 aromatic heterocycles. The maximum absolute atomic E-state index is 13.6. The lowest BCUT2D eigenvalue weighted by Crippen LogP contribution is -2.16. The molecule has 0 fully saturated rings. The number of anilines is 2. The minimum absolute atomic E-state index is 0.157. The third-order valence-electron chi connectivity index (χ3n) is 2.97. The number of benzene rings is 1. The number of para-hydroxylation sites is 1. The highest BCUT2D eigenvalue weighted by Gasteiger charge is 2.14. The van der Waals surface area contributed by atoms with Gasteiger partial charge in [-0.05, 0) is 31.5 Å². The molecule has 110 valence electrons. The van der Waals surface area contributed by atoms with Crippen LogP contribution in [0.2, 0.25) is 0 Å². The summed E-state index contributed by atoms with van der Waals surface area (Å²) in [6.45, 7) is 4.65. The highest BCUT2D eigenvalue weighted by molar-refractivity contribution is 6.07. The van der Waals surface area contributed by atoms with Crippen molar-refractivity contribution in [1.29, 1.82) is 0 Å². The van der Waals surface area contributed by atoms with Crippen molar-refractivity contribution in [2.75, 3.05) is 17.2 Å². The number of nitrogens with one attached hydrogen (secondary N) is 2. The van der Waals surface area contributed by atoms with Gasteiger partial charge in [-0.1, -0.05) is 19.1 Å². The van der Waals surface area contributed by atoms with Crippen molar-refractivity contribution in [2.45, 2.75) is 20.3 Å². The van der Waals surface area contributed by atoms with Gasteiger partial charge in [-0.3, -0.25) is 9.78 Å². The lowest BCUT2D eigenvalue weighted by molar-refractivity contribution is 0.102. The molecule has 0 saturated carbocycles. The van der Waals surface area contributed by atoms with E-state index in [0.717, 1.165) is 18.7 Å². The van der Waals surface area contributed by atoms with Gasteiger partial charge < -0.3 is 10.6 Å². The highest BCUT2D eigenvalue weighted by Crippen LogP contribution is 2.19. The number of rotatable bonds is 5. The van der Waals surface area contributed by atoms with Crippen LogP contribution >= 0.6 is 0 Å². The first-order chi connectivity index (χ1) is 10.1. The molecule has 2 N–H and O–H groups in total. The number of carbonyl (C=O) groups excluding carboxylic acids is 1. The molecule has 0 saturated heterocycles. The maximum Gasteiger partial charge on any atom is 0.259 e. The van der Waals surface area contributed by atoms with E-state index in [1.807, 2.05) is 19.9 Å². The molecule has 0 aliphatic heterocycles. The Balaban J connectivity index is 2.24. The number of hydrogen-bond acceptors (Lipinski definition) is 3. The number of nitrogens with zero attached hydrogens (tertiary/aromatic N) is 1. The summed E-state index contributed by atoms with van der Waals surface area (Å²) in [5.41, 5.74) is 2.08. The molecule has 2 aromatic rings. The normalized spacial score (nSPS) is 10.2. The lowest BCUT2D eigenvalue weighted by Gasteiger charge is -2.12. The van der Waals surface area contributed by atoms with E-state index < -0.39 is 5.82 Å². The minimum Gasteiger partial charge on any atom is -0.384 e. The van der Waals surface area contributed by atoms with E-state index in [1.165, 1.54) is 18.3 Å². The van der Waals surface area contributed by atoms with Crippen LogP contribution in [-0.2, 0) is 0 Å². The SMILES string of the molecule is CCCNc1cc(C)ncc1C(=O)Nc1ccccc1F. The Labute approximate surface area is 123 Å². The number of amides is 1. The zero-order chi connectivity index (χ0) is 15.2. The summed E-state index contributed by atoms with van der Waals surface area (Å²) >= 11 is 0. The second-order valence-electron chi connectivity index (χ2n) is 4.73. The molecule has 1 heterocycles. The summed E-state index contributed by atoms with van der Waals surface area (Å²) in [7, 11) is 0. The van der Waals surface area contributed by atoms with Crippen LogP contribution in [0, 0.1) is 12.7 Å². The van der Waals surface area contributed by atoms with Crippen molar-refractivity contribution >= 4 is 17.3 Å². The van der Waals surface area contributed by atoms with Crippen molar-refractivity contribution < 1.29 is 9.18 Å². The van der Waals surface area contributed by atoms with Crippen LogP contribution in [0.15, 0.2) is 36.5 Å². The summed E-state index contributed by atoms with van der Waals surface area (Å²) in [5.74, 6) is -0.847. The topological polar surface area (TPSA) is 54.0 Å². The van der Waals surface area contributed by atoms with Gasteiger partial charge in [0.05, 0.1) is 16.9 Å². The molecule has 21 heavy (non-hydrogen) atoms. The second-order valence-corrected chi connectivity index (χ2v) is 4.73.